The number of nitrogens with zero attached hydrogens (tertiary/aromatic N) is 2. The number of hydrogen-bond donors (Lipinski definition) is 1. The standard InChI is InChI=1S/C22H25N3O2S/c26-21-16-28-20-9-2-1-8-19(20)25(21)15-17-6-5-7-18(14-17)22(27)23-10-13-24-11-3-4-12-24/h1-2,5-9,14H,3-4,10-13,15-16H2,(H,23,27). The maximum absolute atomic E-state index is 12.5. The van der Waals surface area contributed by atoms with E-state index >= 15 is 0 Å². The second-order valence-corrected chi connectivity index (χ2v) is 8.26. The highest BCUT2D eigenvalue weighted by atomic mass is 32.2. The Morgan fingerprint density at radius 2 is 1.89 bits per heavy atom. The van der Waals surface area contributed by atoms with Crippen molar-refractivity contribution in [1.29, 1.82) is 0 Å². The number of amides is 2. The molecule has 0 aliphatic carbocycles. The summed E-state index contributed by atoms with van der Waals surface area (Å²) in [5, 5.41) is 3.02. The van der Waals surface area contributed by atoms with Gasteiger partial charge in [0.2, 0.25) is 5.91 Å². The van der Waals surface area contributed by atoms with Crippen molar-refractivity contribution in [2.24, 2.45) is 0 Å². The number of para-hydroxylation sites is 1. The van der Waals surface area contributed by atoms with Gasteiger partial charge in [-0.1, -0.05) is 24.3 Å². The Hall–Kier alpha value is -2.31. The molecule has 1 saturated heterocycles. The summed E-state index contributed by atoms with van der Waals surface area (Å²) in [4.78, 5) is 30.3. The molecule has 0 aromatic heterocycles. The van der Waals surface area contributed by atoms with E-state index < -0.39 is 0 Å². The van der Waals surface area contributed by atoms with Gasteiger partial charge in [-0.15, -0.1) is 11.8 Å². The average Bonchev–Trinajstić information content (AvgIpc) is 3.24. The van der Waals surface area contributed by atoms with E-state index in [-0.39, 0.29) is 11.8 Å². The Bertz CT molecular complexity index is 864. The molecule has 5 nitrogen and oxygen atoms in total. The Labute approximate surface area is 170 Å². The first kappa shape index (κ1) is 19.0. The Balaban J connectivity index is 1.41. The maximum atomic E-state index is 12.5. The van der Waals surface area contributed by atoms with Gasteiger partial charge in [0.25, 0.3) is 5.91 Å². The van der Waals surface area contributed by atoms with Crippen LogP contribution in [0.5, 0.6) is 0 Å². The van der Waals surface area contributed by atoms with Crippen LogP contribution in [-0.4, -0.2) is 48.6 Å². The molecule has 2 aliphatic heterocycles. The summed E-state index contributed by atoms with van der Waals surface area (Å²) in [5.74, 6) is 0.499. The molecular weight excluding hydrogens is 370 g/mol. The lowest BCUT2D eigenvalue weighted by Crippen LogP contribution is -2.35. The average molecular weight is 396 g/mol. The molecule has 0 atom stereocenters. The summed E-state index contributed by atoms with van der Waals surface area (Å²) >= 11 is 1.58. The third-order valence-electron chi connectivity index (χ3n) is 5.25. The van der Waals surface area contributed by atoms with E-state index in [4.69, 9.17) is 0 Å². The van der Waals surface area contributed by atoms with E-state index in [1.165, 1.54) is 12.8 Å². The van der Waals surface area contributed by atoms with E-state index in [2.05, 4.69) is 10.2 Å². The number of carbonyl (C=O) groups excluding carboxylic acids is 2. The van der Waals surface area contributed by atoms with Gasteiger partial charge in [0.05, 0.1) is 18.0 Å². The van der Waals surface area contributed by atoms with Gasteiger partial charge in [0.15, 0.2) is 0 Å². The number of rotatable bonds is 6. The fourth-order valence-electron chi connectivity index (χ4n) is 3.76. The Morgan fingerprint density at radius 1 is 1.07 bits per heavy atom. The Kier molecular flexibility index (Phi) is 5.98. The topological polar surface area (TPSA) is 52.7 Å². The number of carbonyl (C=O) groups is 2. The smallest absolute Gasteiger partial charge is 0.251 e. The largest absolute Gasteiger partial charge is 0.351 e. The second-order valence-electron chi connectivity index (χ2n) is 7.24. The highest BCUT2D eigenvalue weighted by Gasteiger charge is 2.24. The summed E-state index contributed by atoms with van der Waals surface area (Å²) in [6.45, 7) is 4.32. The highest BCUT2D eigenvalue weighted by molar-refractivity contribution is 8.00. The quantitative estimate of drug-likeness (QED) is 0.816. The number of hydrogen-bond acceptors (Lipinski definition) is 4. The zero-order valence-electron chi connectivity index (χ0n) is 15.9. The number of thioether (sulfide) groups is 1. The van der Waals surface area contributed by atoms with Crippen molar-refractivity contribution >= 4 is 29.3 Å². The fourth-order valence-corrected chi connectivity index (χ4v) is 4.69. The lowest BCUT2D eigenvalue weighted by molar-refractivity contribution is -0.116. The van der Waals surface area contributed by atoms with Gasteiger partial charge >= 0.3 is 0 Å². The third kappa shape index (κ3) is 4.39. The summed E-state index contributed by atoms with van der Waals surface area (Å²) in [7, 11) is 0. The summed E-state index contributed by atoms with van der Waals surface area (Å²) < 4.78 is 0. The molecule has 0 bridgehead atoms. The molecule has 28 heavy (non-hydrogen) atoms. The lowest BCUT2D eigenvalue weighted by Gasteiger charge is -2.29. The molecule has 2 aliphatic rings. The minimum absolute atomic E-state index is 0.0537. The van der Waals surface area contributed by atoms with Crippen LogP contribution in [0.15, 0.2) is 53.4 Å². The van der Waals surface area contributed by atoms with E-state index in [9.17, 15) is 9.59 Å². The molecule has 1 fully saturated rings. The van der Waals surface area contributed by atoms with Crippen LogP contribution in [0, 0.1) is 0 Å². The van der Waals surface area contributed by atoms with Gasteiger partial charge in [-0.2, -0.15) is 0 Å². The molecule has 1 N–H and O–H groups in total. The summed E-state index contributed by atoms with van der Waals surface area (Å²) in [6.07, 6.45) is 2.51. The normalized spacial score (nSPS) is 16.9. The van der Waals surface area contributed by atoms with Gasteiger partial charge < -0.3 is 15.1 Å². The molecule has 146 valence electrons. The molecule has 2 aromatic carbocycles. The summed E-state index contributed by atoms with van der Waals surface area (Å²) in [6, 6.07) is 15.6. The van der Waals surface area contributed by atoms with Crippen LogP contribution in [0.4, 0.5) is 5.69 Å². The second kappa shape index (κ2) is 8.80. The first-order valence-corrected chi connectivity index (χ1v) is 10.8. The predicted molar refractivity (Wildman–Crippen MR) is 113 cm³/mol. The van der Waals surface area contributed by atoms with Crippen LogP contribution < -0.4 is 10.2 Å². The van der Waals surface area contributed by atoms with Crippen LogP contribution >= 0.6 is 11.8 Å². The molecule has 0 saturated carbocycles. The summed E-state index contributed by atoms with van der Waals surface area (Å²) in [5.41, 5.74) is 2.55. The van der Waals surface area contributed by atoms with Crippen LogP contribution in [0.1, 0.15) is 28.8 Å². The molecule has 2 amide bonds. The number of nitrogens with one attached hydrogen (secondary N) is 1. The van der Waals surface area contributed by atoms with Crippen molar-refractivity contribution in [3.63, 3.8) is 0 Å². The van der Waals surface area contributed by atoms with E-state index in [0.717, 1.165) is 35.8 Å². The molecule has 6 heteroatoms. The fraction of sp³-hybridized carbons (Fsp3) is 0.364. The Morgan fingerprint density at radius 3 is 2.75 bits per heavy atom. The van der Waals surface area contributed by atoms with Crippen molar-refractivity contribution in [3.8, 4) is 0 Å². The van der Waals surface area contributed by atoms with Crippen LogP contribution in [0.25, 0.3) is 0 Å². The van der Waals surface area contributed by atoms with Gasteiger partial charge in [-0.05, 0) is 55.8 Å². The SMILES string of the molecule is O=C(NCCN1CCCC1)c1cccc(CN2C(=O)CSc3ccccc32)c1. The van der Waals surface area contributed by atoms with Crippen molar-refractivity contribution in [2.75, 3.05) is 36.8 Å². The molecular formula is C22H25N3O2S. The van der Waals surface area contributed by atoms with E-state index in [1.807, 2.05) is 53.4 Å². The number of benzene rings is 2. The lowest BCUT2D eigenvalue weighted by atomic mass is 10.1. The zero-order chi connectivity index (χ0) is 19.3. The molecule has 0 unspecified atom stereocenters. The van der Waals surface area contributed by atoms with Crippen LogP contribution in [-0.2, 0) is 11.3 Å². The van der Waals surface area contributed by atoms with Crippen molar-refractivity contribution in [2.45, 2.75) is 24.3 Å². The molecule has 2 heterocycles. The molecule has 0 spiro atoms. The minimum Gasteiger partial charge on any atom is -0.351 e. The van der Waals surface area contributed by atoms with Gasteiger partial charge in [-0.25, -0.2) is 0 Å². The van der Waals surface area contributed by atoms with Crippen LogP contribution in [0.2, 0.25) is 0 Å². The third-order valence-corrected chi connectivity index (χ3v) is 6.30. The molecule has 4 rings (SSSR count). The van der Waals surface area contributed by atoms with Crippen molar-refractivity contribution in [1.82, 2.24) is 10.2 Å². The molecule has 0 radical (unpaired) electrons. The first-order chi connectivity index (χ1) is 13.7. The number of anilines is 1. The monoisotopic (exact) mass is 395 g/mol. The van der Waals surface area contributed by atoms with Gasteiger partial charge in [0.1, 0.15) is 0 Å². The first-order valence-electron chi connectivity index (χ1n) is 9.82. The minimum atomic E-state index is -0.0537. The zero-order valence-corrected chi connectivity index (χ0v) is 16.7. The van der Waals surface area contributed by atoms with Crippen LogP contribution in [0.3, 0.4) is 0 Å². The van der Waals surface area contributed by atoms with Crippen molar-refractivity contribution < 1.29 is 9.59 Å². The predicted octanol–water partition coefficient (Wildman–Crippen LogP) is 3.15. The molecule has 2 aromatic rings. The number of fused-ring (bicyclic) bond motifs is 1. The van der Waals surface area contributed by atoms with E-state index in [0.29, 0.717) is 24.4 Å². The van der Waals surface area contributed by atoms with Gasteiger partial charge in [-0.3, -0.25) is 9.59 Å². The number of likely N-dealkylation sites (tertiary alicyclic amines) is 1. The van der Waals surface area contributed by atoms with Crippen molar-refractivity contribution in [3.05, 3.63) is 59.7 Å². The van der Waals surface area contributed by atoms with Gasteiger partial charge in [0, 0.05) is 23.5 Å². The highest BCUT2D eigenvalue weighted by Crippen LogP contribution is 2.35. The van der Waals surface area contributed by atoms with E-state index in [1.54, 1.807) is 11.8 Å². The maximum Gasteiger partial charge on any atom is 0.251 e.